The molecule has 2 aliphatic rings. The number of aromatic nitrogens is 1. The second-order valence-corrected chi connectivity index (χ2v) is 10.5. The number of nitrogens with zero attached hydrogens (tertiary/aromatic N) is 2. The minimum absolute atomic E-state index is 0.0114. The first-order valence-corrected chi connectivity index (χ1v) is 14.0. The molecule has 2 heterocycles. The van der Waals surface area contributed by atoms with Gasteiger partial charge in [0, 0.05) is 56.3 Å². The van der Waals surface area contributed by atoms with Gasteiger partial charge in [-0.2, -0.15) is 0 Å². The summed E-state index contributed by atoms with van der Waals surface area (Å²) < 4.78 is 5.56. The smallest absolute Gasteiger partial charge is 0.407 e. The van der Waals surface area contributed by atoms with E-state index in [0.29, 0.717) is 17.8 Å². The fraction of sp³-hybridized carbons (Fsp3) is 0.242. The molecule has 0 unspecified atom stereocenters. The van der Waals surface area contributed by atoms with Crippen molar-refractivity contribution >= 4 is 17.7 Å². The fourth-order valence-electron chi connectivity index (χ4n) is 5.75. The zero-order valence-corrected chi connectivity index (χ0v) is 22.8. The zero-order chi connectivity index (χ0) is 28.2. The molecule has 8 nitrogen and oxygen atoms in total. The van der Waals surface area contributed by atoms with E-state index in [-0.39, 0.29) is 25.0 Å². The van der Waals surface area contributed by atoms with Crippen LogP contribution in [0, 0.1) is 0 Å². The second kappa shape index (κ2) is 11.8. The van der Waals surface area contributed by atoms with Crippen molar-refractivity contribution < 1.29 is 14.3 Å². The molecule has 3 aromatic carbocycles. The number of carbonyl (C=O) groups is 2. The van der Waals surface area contributed by atoms with Crippen LogP contribution in [0.15, 0.2) is 85.1 Å². The Labute approximate surface area is 239 Å². The van der Waals surface area contributed by atoms with Gasteiger partial charge in [-0.1, -0.05) is 60.7 Å². The number of alkyl carbamates (subject to hydrolysis) is 1. The summed E-state index contributed by atoms with van der Waals surface area (Å²) in [6, 6.07) is 26.1. The summed E-state index contributed by atoms with van der Waals surface area (Å²) in [7, 11) is 0. The number of amides is 2. The Morgan fingerprint density at radius 2 is 1.61 bits per heavy atom. The highest BCUT2D eigenvalue weighted by atomic mass is 16.5. The maximum atomic E-state index is 12.6. The molecule has 0 spiro atoms. The van der Waals surface area contributed by atoms with Crippen molar-refractivity contribution in [1.82, 2.24) is 20.5 Å². The molecule has 208 valence electrons. The molecule has 8 heteroatoms. The molecule has 6 rings (SSSR count). The predicted molar refractivity (Wildman–Crippen MR) is 158 cm³/mol. The van der Waals surface area contributed by atoms with Crippen molar-refractivity contribution in [2.24, 2.45) is 0 Å². The highest BCUT2D eigenvalue weighted by molar-refractivity contribution is 5.94. The van der Waals surface area contributed by atoms with Crippen molar-refractivity contribution in [1.29, 1.82) is 0 Å². The quantitative estimate of drug-likeness (QED) is 0.281. The summed E-state index contributed by atoms with van der Waals surface area (Å²) in [5, 5.41) is 5.59. The molecule has 4 N–H and O–H groups in total. The Bertz CT molecular complexity index is 1520. The normalized spacial score (nSPS) is 14.0. The maximum absolute atomic E-state index is 12.6. The first kappa shape index (κ1) is 26.5. The molecule has 41 heavy (non-hydrogen) atoms. The van der Waals surface area contributed by atoms with E-state index < -0.39 is 6.09 Å². The summed E-state index contributed by atoms with van der Waals surface area (Å²) in [6.07, 6.45) is 2.12. The van der Waals surface area contributed by atoms with Crippen molar-refractivity contribution in [2.75, 3.05) is 32.0 Å². The van der Waals surface area contributed by atoms with Crippen LogP contribution in [0.2, 0.25) is 0 Å². The van der Waals surface area contributed by atoms with Crippen LogP contribution in [0.25, 0.3) is 11.1 Å². The third-order valence-electron chi connectivity index (χ3n) is 7.79. The molecule has 2 amide bonds. The Kier molecular flexibility index (Phi) is 7.65. The lowest BCUT2D eigenvalue weighted by Crippen LogP contribution is -2.35. The van der Waals surface area contributed by atoms with Crippen LogP contribution in [0.1, 0.15) is 44.2 Å². The first-order valence-electron chi connectivity index (χ1n) is 14.0. The van der Waals surface area contributed by atoms with Crippen molar-refractivity contribution in [3.05, 3.63) is 119 Å². The number of ether oxygens (including phenoxy) is 1. The molecular formula is C33H33N5O3. The van der Waals surface area contributed by atoms with E-state index in [9.17, 15) is 9.59 Å². The molecule has 0 bridgehead atoms. The Morgan fingerprint density at radius 3 is 2.34 bits per heavy atom. The molecule has 0 saturated carbocycles. The van der Waals surface area contributed by atoms with Crippen LogP contribution in [0.4, 0.5) is 10.5 Å². The van der Waals surface area contributed by atoms with Gasteiger partial charge in [0.05, 0.1) is 11.9 Å². The lowest BCUT2D eigenvalue weighted by molar-refractivity contribution is 0.0952. The van der Waals surface area contributed by atoms with E-state index in [1.165, 1.54) is 27.8 Å². The van der Waals surface area contributed by atoms with E-state index in [1.54, 1.807) is 6.20 Å². The SMILES string of the molecule is Nc1cnc2c(c1)CN(Cc1ccc(C(=O)NCCNC(=O)OCC3c4ccccc4-c4ccccc43)cc1)CC2. The van der Waals surface area contributed by atoms with Gasteiger partial charge in [0.15, 0.2) is 0 Å². The van der Waals surface area contributed by atoms with Gasteiger partial charge in [-0.25, -0.2) is 4.79 Å². The molecule has 0 atom stereocenters. The standard InChI is InChI=1S/C33H33N5O3/c34-25-17-24-20-38(16-13-31(24)37-18-25)19-22-9-11-23(12-10-22)32(39)35-14-15-36-33(40)41-21-30-28-7-3-1-5-26(28)27-6-2-4-8-29(27)30/h1-12,17-18,30H,13-16,19-21,34H2,(H,35,39)(H,36,40). The number of pyridine rings is 1. The van der Waals surface area contributed by atoms with Gasteiger partial charge < -0.3 is 21.1 Å². The summed E-state index contributed by atoms with van der Waals surface area (Å²) >= 11 is 0. The van der Waals surface area contributed by atoms with Gasteiger partial charge in [-0.15, -0.1) is 0 Å². The largest absolute Gasteiger partial charge is 0.449 e. The number of hydrogen-bond acceptors (Lipinski definition) is 6. The average Bonchev–Trinajstić information content (AvgIpc) is 3.32. The van der Waals surface area contributed by atoms with E-state index in [2.05, 4.69) is 44.8 Å². The van der Waals surface area contributed by atoms with Crippen LogP contribution in [-0.4, -0.2) is 48.1 Å². The number of rotatable bonds is 8. The molecule has 1 aromatic heterocycles. The lowest BCUT2D eigenvalue weighted by atomic mass is 9.98. The van der Waals surface area contributed by atoms with Gasteiger partial charge in [0.2, 0.25) is 0 Å². The molecule has 0 radical (unpaired) electrons. The Morgan fingerprint density at radius 1 is 0.927 bits per heavy atom. The minimum atomic E-state index is -0.496. The van der Waals surface area contributed by atoms with Crippen LogP contribution in [0.3, 0.4) is 0 Å². The highest BCUT2D eigenvalue weighted by Gasteiger charge is 2.29. The van der Waals surface area contributed by atoms with Gasteiger partial charge in [-0.05, 0) is 51.6 Å². The highest BCUT2D eigenvalue weighted by Crippen LogP contribution is 2.44. The van der Waals surface area contributed by atoms with Crippen molar-refractivity contribution in [2.45, 2.75) is 25.4 Å². The van der Waals surface area contributed by atoms with E-state index in [1.807, 2.05) is 54.6 Å². The van der Waals surface area contributed by atoms with E-state index in [4.69, 9.17) is 10.5 Å². The Balaban J connectivity index is 0.929. The van der Waals surface area contributed by atoms with Gasteiger partial charge in [0.25, 0.3) is 5.91 Å². The van der Waals surface area contributed by atoms with Crippen LogP contribution in [0.5, 0.6) is 0 Å². The average molecular weight is 548 g/mol. The molecule has 1 aliphatic carbocycles. The summed E-state index contributed by atoms with van der Waals surface area (Å²) in [4.78, 5) is 31.8. The van der Waals surface area contributed by atoms with Crippen molar-refractivity contribution in [3.63, 3.8) is 0 Å². The van der Waals surface area contributed by atoms with Crippen molar-refractivity contribution in [3.8, 4) is 11.1 Å². The maximum Gasteiger partial charge on any atom is 0.407 e. The number of carbonyl (C=O) groups excluding carboxylic acids is 2. The number of fused-ring (bicyclic) bond motifs is 4. The number of nitrogens with one attached hydrogen (secondary N) is 2. The number of benzene rings is 3. The molecule has 4 aromatic rings. The van der Waals surface area contributed by atoms with Gasteiger partial charge in [0.1, 0.15) is 6.61 Å². The first-order chi connectivity index (χ1) is 20.0. The van der Waals surface area contributed by atoms with Gasteiger partial charge >= 0.3 is 6.09 Å². The number of anilines is 1. The van der Waals surface area contributed by atoms with E-state index >= 15 is 0 Å². The summed E-state index contributed by atoms with van der Waals surface area (Å²) in [5.74, 6) is -0.170. The monoisotopic (exact) mass is 547 g/mol. The number of nitrogens with two attached hydrogens (primary N) is 1. The van der Waals surface area contributed by atoms with Crippen LogP contribution in [-0.2, 0) is 24.2 Å². The van der Waals surface area contributed by atoms with Crippen LogP contribution >= 0.6 is 0 Å². The molecule has 0 fully saturated rings. The lowest BCUT2D eigenvalue weighted by Gasteiger charge is -2.28. The molecular weight excluding hydrogens is 514 g/mol. The third-order valence-corrected chi connectivity index (χ3v) is 7.79. The number of nitrogen functional groups attached to an aromatic ring is 1. The fourth-order valence-corrected chi connectivity index (χ4v) is 5.75. The van der Waals surface area contributed by atoms with Gasteiger partial charge in [-0.3, -0.25) is 14.7 Å². The number of hydrogen-bond donors (Lipinski definition) is 3. The molecule has 1 aliphatic heterocycles. The molecule has 0 saturated heterocycles. The summed E-state index contributed by atoms with van der Waals surface area (Å²) in [6.45, 7) is 3.37. The topological polar surface area (TPSA) is 110 Å². The minimum Gasteiger partial charge on any atom is -0.449 e. The third kappa shape index (κ3) is 5.93. The zero-order valence-electron chi connectivity index (χ0n) is 22.8. The van der Waals surface area contributed by atoms with E-state index in [0.717, 1.165) is 37.3 Å². The van der Waals surface area contributed by atoms with Crippen LogP contribution < -0.4 is 16.4 Å². The Hall–Kier alpha value is -4.69. The predicted octanol–water partition coefficient (Wildman–Crippen LogP) is 4.49. The summed E-state index contributed by atoms with van der Waals surface area (Å²) in [5.41, 5.74) is 15.3. The second-order valence-electron chi connectivity index (χ2n) is 10.5.